The molecule has 6 heteroatoms. The monoisotopic (exact) mass is 416 g/mol. The molecule has 6 nitrogen and oxygen atoms in total. The molecular weight excluding hydrogens is 392 g/mol. The van der Waals surface area contributed by atoms with Gasteiger partial charge in [-0.2, -0.15) is 5.10 Å². The molecule has 1 heterocycles. The Morgan fingerprint density at radius 3 is 2.71 bits per heavy atom. The fraction of sp³-hybridized carbons (Fsp3) is 0.200. The van der Waals surface area contributed by atoms with Crippen LogP contribution in [0.1, 0.15) is 36.4 Å². The molecule has 0 saturated heterocycles. The second-order valence-corrected chi connectivity index (χ2v) is 7.00. The van der Waals surface area contributed by atoms with Crippen LogP contribution in [0.4, 0.5) is 0 Å². The molecule has 158 valence electrons. The Balaban J connectivity index is 1.49. The second-order valence-electron chi connectivity index (χ2n) is 7.00. The van der Waals surface area contributed by atoms with Gasteiger partial charge in [0.1, 0.15) is 5.58 Å². The first-order valence-electron chi connectivity index (χ1n) is 10.3. The van der Waals surface area contributed by atoms with Crippen LogP contribution in [0, 0.1) is 0 Å². The third-order valence-electron chi connectivity index (χ3n) is 4.76. The number of fused-ring (bicyclic) bond motifs is 3. The first kappa shape index (κ1) is 20.5. The molecule has 31 heavy (non-hydrogen) atoms. The number of rotatable bonds is 8. The van der Waals surface area contributed by atoms with Crippen molar-refractivity contribution in [3.8, 4) is 11.5 Å². The standard InChI is InChI=1S/C25H24N2O4/c1-3-13-30-22-11-9-17(14-23(22)29-4-2)16-26-27-25(28)24-15-20-19-8-6-5-7-18(19)10-12-21(20)31-24/h5-12,14-16H,3-4,13H2,1-2H3,(H,27,28). The van der Waals surface area contributed by atoms with Crippen LogP contribution < -0.4 is 14.9 Å². The van der Waals surface area contributed by atoms with Gasteiger partial charge in [0.2, 0.25) is 0 Å². The van der Waals surface area contributed by atoms with E-state index in [9.17, 15) is 4.79 Å². The molecule has 0 spiro atoms. The average Bonchev–Trinajstić information content (AvgIpc) is 3.24. The zero-order chi connectivity index (χ0) is 21.6. The van der Waals surface area contributed by atoms with Gasteiger partial charge in [0.05, 0.1) is 19.4 Å². The van der Waals surface area contributed by atoms with Gasteiger partial charge in [-0.25, -0.2) is 5.43 Å². The molecule has 1 N–H and O–H groups in total. The van der Waals surface area contributed by atoms with Crippen LogP contribution in [0.2, 0.25) is 0 Å². The van der Waals surface area contributed by atoms with Gasteiger partial charge in [0.15, 0.2) is 17.3 Å². The van der Waals surface area contributed by atoms with E-state index in [0.717, 1.165) is 28.1 Å². The maximum Gasteiger partial charge on any atom is 0.307 e. The minimum Gasteiger partial charge on any atom is -0.490 e. The van der Waals surface area contributed by atoms with Crippen LogP contribution in [-0.4, -0.2) is 25.3 Å². The number of hydrogen-bond acceptors (Lipinski definition) is 5. The van der Waals surface area contributed by atoms with E-state index >= 15 is 0 Å². The van der Waals surface area contributed by atoms with Crippen LogP contribution in [0.3, 0.4) is 0 Å². The number of furan rings is 1. The van der Waals surface area contributed by atoms with E-state index in [1.807, 2.05) is 61.5 Å². The van der Waals surface area contributed by atoms with E-state index in [4.69, 9.17) is 13.9 Å². The van der Waals surface area contributed by atoms with Crippen molar-refractivity contribution in [1.29, 1.82) is 0 Å². The number of nitrogens with one attached hydrogen (secondary N) is 1. The van der Waals surface area contributed by atoms with Crippen molar-refractivity contribution in [2.24, 2.45) is 5.10 Å². The zero-order valence-corrected chi connectivity index (χ0v) is 17.6. The number of carbonyl (C=O) groups is 1. The van der Waals surface area contributed by atoms with Crippen LogP contribution in [0.15, 0.2) is 70.2 Å². The molecule has 0 radical (unpaired) electrons. The van der Waals surface area contributed by atoms with Gasteiger partial charge in [0, 0.05) is 5.39 Å². The van der Waals surface area contributed by atoms with Crippen LogP contribution in [-0.2, 0) is 0 Å². The topological polar surface area (TPSA) is 73.1 Å². The summed E-state index contributed by atoms with van der Waals surface area (Å²) in [6.07, 6.45) is 2.47. The maximum atomic E-state index is 12.5. The number of hydrazone groups is 1. The summed E-state index contributed by atoms with van der Waals surface area (Å²) in [5.41, 5.74) is 3.97. The summed E-state index contributed by atoms with van der Waals surface area (Å²) in [5, 5.41) is 7.10. The number of hydrogen-bond donors (Lipinski definition) is 1. The molecule has 0 aliphatic rings. The van der Waals surface area contributed by atoms with Gasteiger partial charge in [-0.3, -0.25) is 4.79 Å². The second kappa shape index (κ2) is 9.34. The van der Waals surface area contributed by atoms with Gasteiger partial charge in [0.25, 0.3) is 0 Å². The number of benzene rings is 3. The Morgan fingerprint density at radius 1 is 1.00 bits per heavy atom. The highest BCUT2D eigenvalue weighted by Crippen LogP contribution is 2.29. The Kier molecular flexibility index (Phi) is 6.17. The van der Waals surface area contributed by atoms with Gasteiger partial charge in [-0.1, -0.05) is 37.3 Å². The minimum atomic E-state index is -0.413. The van der Waals surface area contributed by atoms with E-state index in [0.29, 0.717) is 30.3 Å². The highest BCUT2D eigenvalue weighted by Gasteiger charge is 2.13. The molecule has 3 aromatic carbocycles. The van der Waals surface area contributed by atoms with Crippen molar-refractivity contribution in [2.45, 2.75) is 20.3 Å². The summed E-state index contributed by atoms with van der Waals surface area (Å²) >= 11 is 0. The lowest BCUT2D eigenvalue weighted by Crippen LogP contribution is -2.16. The minimum absolute atomic E-state index is 0.210. The smallest absolute Gasteiger partial charge is 0.307 e. The molecule has 0 fully saturated rings. The predicted molar refractivity (Wildman–Crippen MR) is 122 cm³/mol. The molecule has 4 aromatic rings. The molecule has 0 aliphatic heterocycles. The molecule has 0 saturated carbocycles. The summed E-state index contributed by atoms with van der Waals surface area (Å²) in [7, 11) is 0. The molecule has 1 aromatic heterocycles. The molecule has 0 aliphatic carbocycles. The SMILES string of the molecule is CCCOc1ccc(C=NNC(=O)c2cc3c(ccc4ccccc43)o2)cc1OCC. The summed E-state index contributed by atoms with van der Waals surface area (Å²) in [5.74, 6) is 1.14. The summed E-state index contributed by atoms with van der Waals surface area (Å²) in [6, 6.07) is 19.1. The number of nitrogens with zero attached hydrogens (tertiary/aromatic N) is 1. The highest BCUT2D eigenvalue weighted by atomic mass is 16.5. The number of amides is 1. The van der Waals surface area contributed by atoms with E-state index in [2.05, 4.69) is 17.5 Å². The van der Waals surface area contributed by atoms with E-state index in [1.54, 1.807) is 12.3 Å². The lowest BCUT2D eigenvalue weighted by atomic mass is 10.1. The van der Waals surface area contributed by atoms with Crippen LogP contribution >= 0.6 is 0 Å². The Bertz CT molecular complexity index is 1240. The van der Waals surface area contributed by atoms with E-state index in [1.165, 1.54) is 0 Å². The lowest BCUT2D eigenvalue weighted by Gasteiger charge is -2.11. The molecule has 0 unspecified atom stereocenters. The molecule has 0 atom stereocenters. The first-order chi connectivity index (χ1) is 15.2. The Hall–Kier alpha value is -3.80. The summed E-state index contributed by atoms with van der Waals surface area (Å²) in [4.78, 5) is 12.5. The van der Waals surface area contributed by atoms with Crippen molar-refractivity contribution in [2.75, 3.05) is 13.2 Å². The Labute approximate surface area is 180 Å². The number of ether oxygens (including phenoxy) is 2. The first-order valence-corrected chi connectivity index (χ1v) is 10.3. The van der Waals surface area contributed by atoms with E-state index in [-0.39, 0.29) is 5.76 Å². The van der Waals surface area contributed by atoms with Crippen molar-refractivity contribution in [3.05, 3.63) is 72.0 Å². The van der Waals surface area contributed by atoms with E-state index < -0.39 is 5.91 Å². The lowest BCUT2D eigenvalue weighted by molar-refractivity contribution is 0.0929. The Morgan fingerprint density at radius 2 is 1.87 bits per heavy atom. The third-order valence-corrected chi connectivity index (χ3v) is 4.76. The quantitative estimate of drug-likeness (QED) is 0.302. The molecule has 0 bridgehead atoms. The number of carbonyl (C=O) groups excluding carboxylic acids is 1. The highest BCUT2D eigenvalue weighted by molar-refractivity contribution is 6.08. The zero-order valence-electron chi connectivity index (χ0n) is 17.6. The van der Waals surface area contributed by atoms with Crippen molar-refractivity contribution in [1.82, 2.24) is 5.43 Å². The fourth-order valence-electron chi connectivity index (χ4n) is 3.33. The largest absolute Gasteiger partial charge is 0.490 e. The summed E-state index contributed by atoms with van der Waals surface area (Å²) in [6.45, 7) is 5.12. The molecule has 1 amide bonds. The average molecular weight is 416 g/mol. The van der Waals surface area contributed by atoms with Gasteiger partial charge in [-0.05, 0) is 60.0 Å². The van der Waals surface area contributed by atoms with Gasteiger partial charge >= 0.3 is 5.91 Å². The fourth-order valence-corrected chi connectivity index (χ4v) is 3.33. The maximum absolute atomic E-state index is 12.5. The van der Waals surface area contributed by atoms with Crippen LogP contribution in [0.5, 0.6) is 11.5 Å². The normalized spacial score (nSPS) is 11.3. The van der Waals surface area contributed by atoms with Crippen LogP contribution in [0.25, 0.3) is 21.7 Å². The van der Waals surface area contributed by atoms with Crippen molar-refractivity contribution >= 4 is 33.9 Å². The van der Waals surface area contributed by atoms with Crippen molar-refractivity contribution < 1.29 is 18.7 Å². The van der Waals surface area contributed by atoms with Gasteiger partial charge < -0.3 is 13.9 Å². The molecular formula is C25H24N2O4. The summed E-state index contributed by atoms with van der Waals surface area (Å²) < 4.78 is 17.1. The predicted octanol–water partition coefficient (Wildman–Crippen LogP) is 5.54. The molecule has 4 rings (SSSR count). The van der Waals surface area contributed by atoms with Gasteiger partial charge in [-0.15, -0.1) is 0 Å². The van der Waals surface area contributed by atoms with Crippen molar-refractivity contribution in [3.63, 3.8) is 0 Å². The third kappa shape index (κ3) is 4.53.